The molecule has 35 heavy (non-hydrogen) atoms. The number of nitrogens with zero attached hydrogens (tertiary/aromatic N) is 2. The fourth-order valence-corrected chi connectivity index (χ4v) is 4.30. The summed E-state index contributed by atoms with van der Waals surface area (Å²) in [5, 5.41) is 0.211. The number of thiol groups is 1. The fraction of sp³-hybridized carbons (Fsp3) is 0.346. The van der Waals surface area contributed by atoms with Crippen LogP contribution in [0.5, 0.6) is 5.75 Å². The molecule has 1 heterocycles. The van der Waals surface area contributed by atoms with Crippen LogP contribution in [-0.4, -0.2) is 22.2 Å². The minimum absolute atomic E-state index is 0.0106. The third-order valence-electron chi connectivity index (χ3n) is 5.88. The Labute approximate surface area is 208 Å². The molecule has 0 aliphatic rings. The third-order valence-corrected chi connectivity index (χ3v) is 6.39. The third kappa shape index (κ3) is 5.51. The van der Waals surface area contributed by atoms with Crippen molar-refractivity contribution < 1.29 is 18.7 Å². The lowest BCUT2D eigenvalue weighted by atomic mass is 10.0. The van der Waals surface area contributed by atoms with Crippen LogP contribution in [0, 0.1) is 5.82 Å². The van der Waals surface area contributed by atoms with Gasteiger partial charge in [0.2, 0.25) is 0 Å². The molecule has 0 unspecified atom stereocenters. The molecular weight excluding hydrogens is 471 g/mol. The maximum atomic E-state index is 13.8. The molecule has 0 radical (unpaired) electrons. The van der Waals surface area contributed by atoms with Crippen LogP contribution in [0.1, 0.15) is 37.5 Å². The molecule has 0 aliphatic heterocycles. The first kappa shape index (κ1) is 26.3. The number of hydrogen-bond donors (Lipinski definition) is 1. The van der Waals surface area contributed by atoms with Crippen molar-refractivity contribution in [3.63, 3.8) is 0 Å². The van der Waals surface area contributed by atoms with Gasteiger partial charge >= 0.3 is 11.7 Å². The summed E-state index contributed by atoms with van der Waals surface area (Å²) < 4.78 is 26.8. The molecule has 1 aromatic heterocycles. The number of esters is 1. The Morgan fingerprint density at radius 1 is 1.11 bits per heavy atom. The molecular formula is C26H29FN2O5S. The summed E-state index contributed by atoms with van der Waals surface area (Å²) in [6.07, 6.45) is 0.547. The van der Waals surface area contributed by atoms with Crippen LogP contribution in [0.3, 0.4) is 0 Å². The van der Waals surface area contributed by atoms with Crippen molar-refractivity contribution in [2.24, 2.45) is 0 Å². The summed E-state index contributed by atoms with van der Waals surface area (Å²) in [7, 11) is 1.48. The highest BCUT2D eigenvalue weighted by atomic mass is 32.1. The number of aromatic nitrogens is 2. The molecule has 0 aliphatic carbocycles. The first-order valence-electron chi connectivity index (χ1n) is 11.2. The van der Waals surface area contributed by atoms with E-state index in [-0.39, 0.29) is 24.6 Å². The summed E-state index contributed by atoms with van der Waals surface area (Å²) in [5.74, 6) is -0.664. The zero-order chi connectivity index (χ0) is 25.8. The topological polar surface area (TPSA) is 79.5 Å². The van der Waals surface area contributed by atoms with Crippen LogP contribution in [0.4, 0.5) is 4.39 Å². The van der Waals surface area contributed by atoms with Crippen molar-refractivity contribution in [1.29, 1.82) is 0 Å². The molecule has 3 rings (SSSR count). The number of methoxy groups -OCH3 is 1. The zero-order valence-corrected chi connectivity index (χ0v) is 21.1. The van der Waals surface area contributed by atoms with Gasteiger partial charge in [-0.2, -0.15) is 0 Å². The second-order valence-corrected chi connectivity index (χ2v) is 8.98. The average Bonchev–Trinajstić information content (AvgIpc) is 2.83. The molecule has 0 spiro atoms. The molecule has 0 N–H and O–H groups in total. The SMILES string of the molecule is CCc1c(S)n(CCc2cc(F)ccc2OC)c(=O)n(C(C)(C)C(=O)OCc2ccccc2)c1=O. The van der Waals surface area contributed by atoms with E-state index < -0.39 is 28.6 Å². The molecule has 2 aromatic carbocycles. The predicted octanol–water partition coefficient (Wildman–Crippen LogP) is 3.73. The lowest BCUT2D eigenvalue weighted by Gasteiger charge is -2.27. The maximum absolute atomic E-state index is 13.8. The number of benzene rings is 2. The van der Waals surface area contributed by atoms with Gasteiger partial charge in [0.15, 0.2) is 0 Å². The molecule has 0 saturated carbocycles. The lowest BCUT2D eigenvalue weighted by molar-refractivity contribution is -0.154. The molecule has 186 valence electrons. The molecule has 3 aromatic rings. The minimum atomic E-state index is -1.58. The van der Waals surface area contributed by atoms with E-state index in [2.05, 4.69) is 12.6 Å². The van der Waals surface area contributed by atoms with Crippen molar-refractivity contribution in [3.8, 4) is 5.75 Å². The molecule has 0 atom stereocenters. The smallest absolute Gasteiger partial charge is 0.332 e. The Morgan fingerprint density at radius 2 is 1.80 bits per heavy atom. The fourth-order valence-electron chi connectivity index (χ4n) is 3.86. The normalized spacial score (nSPS) is 11.4. The van der Waals surface area contributed by atoms with E-state index in [1.165, 1.54) is 43.7 Å². The van der Waals surface area contributed by atoms with Crippen molar-refractivity contribution >= 4 is 18.6 Å². The number of carbonyl (C=O) groups is 1. The van der Waals surface area contributed by atoms with Gasteiger partial charge in [0.05, 0.1) is 12.1 Å². The predicted molar refractivity (Wildman–Crippen MR) is 134 cm³/mol. The standard InChI is InChI=1S/C26H29FN2O5S/c1-5-20-22(30)29(26(2,3)24(31)34-16-17-9-7-6-8-10-17)25(32)28(23(20)35)14-13-18-15-19(27)11-12-21(18)33-4/h6-12,15,35H,5,13-14,16H2,1-4H3. The Morgan fingerprint density at radius 3 is 2.43 bits per heavy atom. The van der Waals surface area contributed by atoms with E-state index in [9.17, 15) is 18.8 Å². The van der Waals surface area contributed by atoms with Crippen molar-refractivity contribution in [1.82, 2.24) is 9.13 Å². The van der Waals surface area contributed by atoms with Gasteiger partial charge in [-0.05, 0) is 56.0 Å². The monoisotopic (exact) mass is 500 g/mol. The number of rotatable bonds is 9. The van der Waals surface area contributed by atoms with Gasteiger partial charge < -0.3 is 9.47 Å². The van der Waals surface area contributed by atoms with E-state index in [4.69, 9.17) is 9.47 Å². The van der Waals surface area contributed by atoms with Gasteiger partial charge in [-0.25, -0.2) is 18.5 Å². The van der Waals surface area contributed by atoms with Gasteiger partial charge in [0.25, 0.3) is 5.56 Å². The quantitative estimate of drug-likeness (QED) is 0.275. The summed E-state index contributed by atoms with van der Waals surface area (Å²) in [6.45, 7) is 4.82. The Bertz CT molecular complexity index is 1330. The van der Waals surface area contributed by atoms with Crippen LogP contribution in [-0.2, 0) is 41.1 Å². The first-order chi connectivity index (χ1) is 16.6. The number of carbonyl (C=O) groups excluding carboxylic acids is 1. The van der Waals surface area contributed by atoms with Crippen molar-refractivity contribution in [2.45, 2.75) is 57.3 Å². The van der Waals surface area contributed by atoms with Gasteiger partial charge in [-0.3, -0.25) is 9.36 Å². The number of aryl methyl sites for hydroxylation is 1. The summed E-state index contributed by atoms with van der Waals surface area (Å²) in [4.78, 5) is 39.8. The van der Waals surface area contributed by atoms with Crippen LogP contribution >= 0.6 is 12.6 Å². The highest BCUT2D eigenvalue weighted by Crippen LogP contribution is 2.22. The molecule has 7 nitrogen and oxygen atoms in total. The van der Waals surface area contributed by atoms with Gasteiger partial charge in [0, 0.05) is 12.1 Å². The van der Waals surface area contributed by atoms with E-state index in [1.807, 2.05) is 30.3 Å². The molecule has 0 amide bonds. The van der Waals surface area contributed by atoms with E-state index >= 15 is 0 Å². The highest BCUT2D eigenvalue weighted by Gasteiger charge is 2.36. The highest BCUT2D eigenvalue weighted by molar-refractivity contribution is 7.80. The molecule has 0 bridgehead atoms. The number of ether oxygens (including phenoxy) is 2. The van der Waals surface area contributed by atoms with Crippen LogP contribution in [0.2, 0.25) is 0 Å². The summed E-state index contributed by atoms with van der Waals surface area (Å²) in [6, 6.07) is 13.3. The lowest BCUT2D eigenvalue weighted by Crippen LogP contribution is -2.54. The Balaban J connectivity index is 2.00. The van der Waals surface area contributed by atoms with Gasteiger partial charge in [-0.15, -0.1) is 12.6 Å². The summed E-state index contributed by atoms with van der Waals surface area (Å²) in [5.41, 5.74) is -1.23. The maximum Gasteiger partial charge on any atom is 0.332 e. The Kier molecular flexibility index (Phi) is 8.22. The van der Waals surface area contributed by atoms with Crippen LogP contribution < -0.4 is 16.0 Å². The minimum Gasteiger partial charge on any atom is -0.496 e. The molecule has 9 heteroatoms. The second-order valence-electron chi connectivity index (χ2n) is 8.56. The van der Waals surface area contributed by atoms with Gasteiger partial charge in [-0.1, -0.05) is 37.3 Å². The number of halogens is 1. The largest absolute Gasteiger partial charge is 0.496 e. The molecule has 0 fully saturated rings. The number of hydrogen-bond acceptors (Lipinski definition) is 6. The van der Waals surface area contributed by atoms with Crippen molar-refractivity contribution in [3.05, 3.63) is 91.9 Å². The zero-order valence-electron chi connectivity index (χ0n) is 20.2. The van der Waals surface area contributed by atoms with Crippen LogP contribution in [0.15, 0.2) is 63.1 Å². The Hall–Kier alpha value is -3.33. The van der Waals surface area contributed by atoms with E-state index in [1.54, 1.807) is 6.92 Å². The first-order valence-corrected chi connectivity index (χ1v) is 11.7. The van der Waals surface area contributed by atoms with Gasteiger partial charge in [0.1, 0.15) is 23.7 Å². The second kappa shape index (κ2) is 10.9. The average molecular weight is 501 g/mol. The molecule has 0 saturated heterocycles. The van der Waals surface area contributed by atoms with Crippen LogP contribution in [0.25, 0.3) is 0 Å². The van der Waals surface area contributed by atoms with E-state index in [0.717, 1.165) is 10.1 Å². The van der Waals surface area contributed by atoms with E-state index in [0.29, 0.717) is 23.3 Å². The van der Waals surface area contributed by atoms with Crippen molar-refractivity contribution in [2.75, 3.05) is 7.11 Å². The summed E-state index contributed by atoms with van der Waals surface area (Å²) >= 11 is 4.46.